The molecule has 1 saturated heterocycles. The first kappa shape index (κ1) is 19.0. The van der Waals surface area contributed by atoms with Crippen molar-refractivity contribution in [2.24, 2.45) is 0 Å². The first-order chi connectivity index (χ1) is 12.5. The van der Waals surface area contributed by atoms with Crippen LogP contribution in [0.3, 0.4) is 0 Å². The van der Waals surface area contributed by atoms with Gasteiger partial charge in [0.2, 0.25) is 0 Å². The maximum absolute atomic E-state index is 12.6. The Morgan fingerprint density at radius 1 is 1.42 bits per heavy atom. The van der Waals surface area contributed by atoms with Crippen LogP contribution in [0.15, 0.2) is 30.5 Å². The summed E-state index contributed by atoms with van der Waals surface area (Å²) < 4.78 is 1.92. The number of hydrogen-bond donors (Lipinski definition) is 2. The molecule has 1 aliphatic heterocycles. The van der Waals surface area contributed by atoms with Crippen molar-refractivity contribution in [3.8, 4) is 0 Å². The van der Waals surface area contributed by atoms with Crippen LogP contribution in [0.25, 0.3) is 0 Å². The number of nitrogens with zero attached hydrogens (tertiary/aromatic N) is 2. The summed E-state index contributed by atoms with van der Waals surface area (Å²) in [4.78, 5) is 12.6. The van der Waals surface area contributed by atoms with E-state index in [0.717, 1.165) is 42.9 Å². The SMILES string of the molecule is Cc1c(CSC(C)C)cccc1NC(=O)c1ccn(C2CCCNC2)n1. The van der Waals surface area contributed by atoms with Gasteiger partial charge in [0, 0.05) is 24.2 Å². The Hall–Kier alpha value is -1.79. The number of hydrogen-bond acceptors (Lipinski definition) is 4. The van der Waals surface area contributed by atoms with Gasteiger partial charge in [-0.15, -0.1) is 0 Å². The molecule has 2 N–H and O–H groups in total. The molecule has 1 unspecified atom stereocenters. The van der Waals surface area contributed by atoms with Crippen molar-refractivity contribution in [2.45, 2.75) is 50.7 Å². The molecule has 1 fully saturated rings. The van der Waals surface area contributed by atoms with E-state index in [1.165, 1.54) is 5.56 Å². The Morgan fingerprint density at radius 2 is 2.27 bits per heavy atom. The van der Waals surface area contributed by atoms with Crippen LogP contribution in [-0.2, 0) is 5.75 Å². The Morgan fingerprint density at radius 3 is 3.00 bits per heavy atom. The summed E-state index contributed by atoms with van der Waals surface area (Å²) in [5.74, 6) is 0.806. The molecule has 0 bridgehead atoms. The topological polar surface area (TPSA) is 59.0 Å². The molecule has 140 valence electrons. The second kappa shape index (κ2) is 8.73. The molecule has 1 atom stereocenters. The lowest BCUT2D eigenvalue weighted by Gasteiger charge is -2.22. The molecule has 0 saturated carbocycles. The number of amides is 1. The number of carbonyl (C=O) groups is 1. The summed E-state index contributed by atoms with van der Waals surface area (Å²) in [6, 6.07) is 8.23. The second-order valence-corrected chi connectivity index (χ2v) is 8.65. The molecule has 0 aliphatic carbocycles. The summed E-state index contributed by atoms with van der Waals surface area (Å²) in [5, 5.41) is 11.5. The van der Waals surface area contributed by atoms with Crippen molar-refractivity contribution >= 4 is 23.4 Å². The Labute approximate surface area is 159 Å². The third kappa shape index (κ3) is 4.68. The quantitative estimate of drug-likeness (QED) is 0.804. The second-order valence-electron chi connectivity index (χ2n) is 7.08. The van der Waals surface area contributed by atoms with Gasteiger partial charge in [0.1, 0.15) is 0 Å². The van der Waals surface area contributed by atoms with Crippen LogP contribution in [0.4, 0.5) is 5.69 Å². The molecular formula is C20H28N4OS. The van der Waals surface area contributed by atoms with E-state index in [1.54, 1.807) is 6.07 Å². The van der Waals surface area contributed by atoms with Crippen LogP contribution in [0.5, 0.6) is 0 Å². The van der Waals surface area contributed by atoms with E-state index in [-0.39, 0.29) is 5.91 Å². The normalized spacial score (nSPS) is 17.5. The van der Waals surface area contributed by atoms with Crippen LogP contribution >= 0.6 is 11.8 Å². The predicted molar refractivity (Wildman–Crippen MR) is 109 cm³/mol. The van der Waals surface area contributed by atoms with Crippen LogP contribution in [0.1, 0.15) is 54.3 Å². The van der Waals surface area contributed by atoms with Crippen LogP contribution in [-0.4, -0.2) is 34.0 Å². The molecule has 6 heteroatoms. The van der Waals surface area contributed by atoms with Crippen molar-refractivity contribution in [2.75, 3.05) is 18.4 Å². The van der Waals surface area contributed by atoms with Gasteiger partial charge in [0.25, 0.3) is 5.91 Å². The van der Waals surface area contributed by atoms with Crippen molar-refractivity contribution in [3.05, 3.63) is 47.3 Å². The number of anilines is 1. The van der Waals surface area contributed by atoms with Gasteiger partial charge in [0.05, 0.1) is 6.04 Å². The molecule has 2 aromatic rings. The molecule has 1 amide bonds. The molecular weight excluding hydrogens is 344 g/mol. The number of aromatic nitrogens is 2. The predicted octanol–water partition coefficient (Wildman–Crippen LogP) is 4.01. The smallest absolute Gasteiger partial charge is 0.276 e. The lowest BCUT2D eigenvalue weighted by Crippen LogP contribution is -2.32. The van der Waals surface area contributed by atoms with Gasteiger partial charge >= 0.3 is 0 Å². The summed E-state index contributed by atoms with van der Waals surface area (Å²) in [6.45, 7) is 8.44. The van der Waals surface area contributed by atoms with E-state index in [0.29, 0.717) is 17.0 Å². The number of nitrogens with one attached hydrogen (secondary N) is 2. The molecule has 0 spiro atoms. The summed E-state index contributed by atoms with van der Waals surface area (Å²) in [6.07, 6.45) is 4.16. The van der Waals surface area contributed by atoms with Gasteiger partial charge in [-0.1, -0.05) is 26.0 Å². The van der Waals surface area contributed by atoms with Crippen LogP contribution in [0, 0.1) is 6.92 Å². The maximum Gasteiger partial charge on any atom is 0.276 e. The minimum atomic E-state index is -0.149. The molecule has 2 heterocycles. The highest BCUT2D eigenvalue weighted by Gasteiger charge is 2.18. The zero-order valence-electron chi connectivity index (χ0n) is 15.8. The van der Waals surface area contributed by atoms with Crippen LogP contribution in [0.2, 0.25) is 0 Å². The standard InChI is InChI=1S/C20H28N4OS/c1-14(2)26-13-16-6-4-8-18(15(16)3)22-20(25)19-9-11-24(23-19)17-7-5-10-21-12-17/h4,6,8-9,11,14,17,21H,5,7,10,12-13H2,1-3H3,(H,22,25). The van der Waals surface area contributed by atoms with Crippen molar-refractivity contribution in [1.82, 2.24) is 15.1 Å². The third-order valence-electron chi connectivity index (χ3n) is 4.75. The average Bonchev–Trinajstić information content (AvgIpc) is 3.13. The first-order valence-electron chi connectivity index (χ1n) is 9.32. The average molecular weight is 373 g/mol. The van der Waals surface area contributed by atoms with Gasteiger partial charge in [-0.3, -0.25) is 9.48 Å². The van der Waals surface area contributed by atoms with E-state index < -0.39 is 0 Å². The van der Waals surface area contributed by atoms with E-state index in [4.69, 9.17) is 0 Å². The Balaban J connectivity index is 1.68. The number of piperidine rings is 1. The highest BCUT2D eigenvalue weighted by Crippen LogP contribution is 2.25. The van der Waals surface area contributed by atoms with Crippen molar-refractivity contribution in [1.29, 1.82) is 0 Å². The van der Waals surface area contributed by atoms with Gasteiger partial charge in [-0.25, -0.2) is 0 Å². The minimum Gasteiger partial charge on any atom is -0.320 e. The third-order valence-corrected chi connectivity index (χ3v) is 5.90. The van der Waals surface area contributed by atoms with Gasteiger partial charge in [-0.05, 0) is 54.8 Å². The number of benzene rings is 1. The zero-order valence-corrected chi connectivity index (χ0v) is 16.6. The highest BCUT2D eigenvalue weighted by atomic mass is 32.2. The van der Waals surface area contributed by atoms with E-state index >= 15 is 0 Å². The van der Waals surface area contributed by atoms with Crippen molar-refractivity contribution < 1.29 is 4.79 Å². The molecule has 1 aliphatic rings. The lowest BCUT2D eigenvalue weighted by molar-refractivity contribution is 0.102. The number of rotatable bonds is 6. The summed E-state index contributed by atoms with van der Waals surface area (Å²) in [7, 11) is 0. The monoisotopic (exact) mass is 372 g/mol. The van der Waals surface area contributed by atoms with E-state index in [1.807, 2.05) is 34.8 Å². The molecule has 1 aromatic carbocycles. The van der Waals surface area contributed by atoms with E-state index in [2.05, 4.69) is 42.6 Å². The summed E-state index contributed by atoms with van der Waals surface area (Å²) >= 11 is 1.91. The van der Waals surface area contributed by atoms with Gasteiger partial charge < -0.3 is 10.6 Å². The van der Waals surface area contributed by atoms with Gasteiger partial charge in [-0.2, -0.15) is 16.9 Å². The number of carbonyl (C=O) groups excluding carboxylic acids is 1. The Kier molecular flexibility index (Phi) is 6.38. The fraction of sp³-hybridized carbons (Fsp3) is 0.500. The molecule has 1 aromatic heterocycles. The Bertz CT molecular complexity index is 750. The zero-order chi connectivity index (χ0) is 18.5. The maximum atomic E-state index is 12.6. The fourth-order valence-electron chi connectivity index (χ4n) is 3.14. The fourth-order valence-corrected chi connectivity index (χ4v) is 3.97. The van der Waals surface area contributed by atoms with E-state index in [9.17, 15) is 4.79 Å². The molecule has 0 radical (unpaired) electrons. The van der Waals surface area contributed by atoms with Gasteiger partial charge in [0.15, 0.2) is 5.69 Å². The minimum absolute atomic E-state index is 0.149. The molecule has 3 rings (SSSR count). The molecule has 26 heavy (non-hydrogen) atoms. The number of thioether (sulfide) groups is 1. The van der Waals surface area contributed by atoms with Crippen molar-refractivity contribution in [3.63, 3.8) is 0 Å². The highest BCUT2D eigenvalue weighted by molar-refractivity contribution is 7.99. The summed E-state index contributed by atoms with van der Waals surface area (Å²) in [5.41, 5.74) is 3.73. The van der Waals surface area contributed by atoms with Crippen LogP contribution < -0.4 is 10.6 Å². The largest absolute Gasteiger partial charge is 0.320 e. The first-order valence-corrected chi connectivity index (χ1v) is 10.4. The lowest BCUT2D eigenvalue weighted by atomic mass is 10.1. The molecule has 5 nitrogen and oxygen atoms in total.